The molecule has 0 amide bonds. The molecule has 1 unspecified atom stereocenters. The number of aliphatic hydroxyl groups excluding tert-OH is 1. The molecule has 0 spiro atoms. The van der Waals surface area contributed by atoms with E-state index in [2.05, 4.69) is 0 Å². The first-order valence-electron chi connectivity index (χ1n) is 5.98. The minimum absolute atomic E-state index is 0.0460. The molecule has 0 aliphatic rings. The summed E-state index contributed by atoms with van der Waals surface area (Å²) in [7, 11) is 1.63. The van der Waals surface area contributed by atoms with Gasteiger partial charge in [-0.15, -0.1) is 0 Å². The Morgan fingerprint density at radius 1 is 1.06 bits per heavy atom. The van der Waals surface area contributed by atoms with Crippen molar-refractivity contribution in [2.24, 2.45) is 5.92 Å². The second-order valence-corrected chi connectivity index (χ2v) is 3.83. The Hall–Kier alpha value is -0.490. The number of methoxy groups -OCH3 is 1. The SMILES string of the molecule is COCCOCCOCCC(CCO)C(C)=O. The highest BCUT2D eigenvalue weighted by Gasteiger charge is 2.12. The van der Waals surface area contributed by atoms with Gasteiger partial charge in [0.2, 0.25) is 0 Å². The monoisotopic (exact) mass is 248 g/mol. The minimum Gasteiger partial charge on any atom is -0.396 e. The Labute approximate surface area is 103 Å². The zero-order valence-corrected chi connectivity index (χ0v) is 10.8. The summed E-state index contributed by atoms with van der Waals surface area (Å²) in [6.45, 7) is 4.33. The molecule has 0 aliphatic carbocycles. The summed E-state index contributed by atoms with van der Waals surface area (Å²) in [5.41, 5.74) is 0. The lowest BCUT2D eigenvalue weighted by molar-refractivity contribution is -0.121. The van der Waals surface area contributed by atoms with Gasteiger partial charge in [0.1, 0.15) is 5.78 Å². The van der Waals surface area contributed by atoms with Crippen LogP contribution < -0.4 is 0 Å². The Morgan fingerprint density at radius 2 is 1.65 bits per heavy atom. The number of carbonyl (C=O) groups excluding carboxylic acids is 1. The van der Waals surface area contributed by atoms with Crippen LogP contribution in [0.1, 0.15) is 19.8 Å². The number of hydrogen-bond acceptors (Lipinski definition) is 5. The number of carbonyl (C=O) groups is 1. The summed E-state index contributed by atoms with van der Waals surface area (Å²) in [6, 6.07) is 0. The Morgan fingerprint density at radius 3 is 2.18 bits per heavy atom. The number of ketones is 1. The standard InChI is InChI=1S/C12H24O5/c1-11(14)12(3-5-13)4-6-16-9-10-17-8-7-15-2/h12-13H,3-10H2,1-2H3. The smallest absolute Gasteiger partial charge is 0.133 e. The van der Waals surface area contributed by atoms with Crippen LogP contribution in [0.4, 0.5) is 0 Å². The molecular formula is C12H24O5. The molecule has 0 heterocycles. The largest absolute Gasteiger partial charge is 0.396 e. The van der Waals surface area contributed by atoms with E-state index in [4.69, 9.17) is 19.3 Å². The average molecular weight is 248 g/mol. The van der Waals surface area contributed by atoms with Crippen molar-refractivity contribution in [1.82, 2.24) is 0 Å². The van der Waals surface area contributed by atoms with Crippen LogP contribution in [-0.2, 0) is 19.0 Å². The number of Topliss-reactive ketones (excluding diaryl/α,β-unsaturated/α-hetero) is 1. The van der Waals surface area contributed by atoms with E-state index in [1.54, 1.807) is 14.0 Å². The molecule has 0 saturated carbocycles. The zero-order chi connectivity index (χ0) is 12.9. The first-order chi connectivity index (χ1) is 8.22. The van der Waals surface area contributed by atoms with Crippen molar-refractivity contribution >= 4 is 5.78 Å². The molecule has 0 rings (SSSR count). The zero-order valence-electron chi connectivity index (χ0n) is 10.8. The van der Waals surface area contributed by atoms with Crippen molar-refractivity contribution in [1.29, 1.82) is 0 Å². The molecule has 102 valence electrons. The molecule has 0 radical (unpaired) electrons. The highest BCUT2D eigenvalue weighted by atomic mass is 16.5. The van der Waals surface area contributed by atoms with Gasteiger partial charge in [0.15, 0.2) is 0 Å². The van der Waals surface area contributed by atoms with E-state index in [1.165, 1.54) is 0 Å². The van der Waals surface area contributed by atoms with E-state index >= 15 is 0 Å². The molecular weight excluding hydrogens is 224 g/mol. The fourth-order valence-electron chi connectivity index (χ4n) is 1.40. The van der Waals surface area contributed by atoms with Crippen molar-refractivity contribution < 1.29 is 24.1 Å². The van der Waals surface area contributed by atoms with Crippen molar-refractivity contribution in [3.05, 3.63) is 0 Å². The van der Waals surface area contributed by atoms with E-state index in [9.17, 15) is 4.79 Å². The number of ether oxygens (including phenoxy) is 3. The van der Waals surface area contributed by atoms with Crippen LogP contribution in [0.25, 0.3) is 0 Å². The predicted octanol–water partition coefficient (Wildman–Crippen LogP) is 0.644. The fourth-order valence-corrected chi connectivity index (χ4v) is 1.40. The lowest BCUT2D eigenvalue weighted by Gasteiger charge is -2.12. The summed E-state index contributed by atoms with van der Waals surface area (Å²) in [5.74, 6) is 0.0217. The first-order valence-corrected chi connectivity index (χ1v) is 5.98. The van der Waals surface area contributed by atoms with Gasteiger partial charge in [-0.3, -0.25) is 4.79 Å². The van der Waals surface area contributed by atoms with Gasteiger partial charge >= 0.3 is 0 Å². The molecule has 0 aromatic carbocycles. The molecule has 0 aromatic heterocycles. The van der Waals surface area contributed by atoms with Gasteiger partial charge in [-0.1, -0.05) is 0 Å². The molecule has 5 heteroatoms. The highest BCUT2D eigenvalue weighted by molar-refractivity contribution is 5.78. The molecule has 0 aromatic rings. The van der Waals surface area contributed by atoms with Gasteiger partial charge in [-0.25, -0.2) is 0 Å². The van der Waals surface area contributed by atoms with E-state index in [1.807, 2.05) is 0 Å². The van der Waals surface area contributed by atoms with Crippen LogP contribution >= 0.6 is 0 Å². The minimum atomic E-state index is -0.0885. The second-order valence-electron chi connectivity index (χ2n) is 3.83. The fraction of sp³-hybridized carbons (Fsp3) is 0.917. The lowest BCUT2D eigenvalue weighted by atomic mass is 9.98. The Balaban J connectivity index is 3.33. The second kappa shape index (κ2) is 12.0. The van der Waals surface area contributed by atoms with Gasteiger partial charge in [0.25, 0.3) is 0 Å². The molecule has 0 saturated heterocycles. The van der Waals surface area contributed by atoms with E-state index in [0.717, 1.165) is 0 Å². The third kappa shape index (κ3) is 10.4. The molecule has 17 heavy (non-hydrogen) atoms. The van der Waals surface area contributed by atoms with Crippen molar-refractivity contribution in [2.45, 2.75) is 19.8 Å². The van der Waals surface area contributed by atoms with Gasteiger partial charge in [-0.2, -0.15) is 0 Å². The molecule has 1 N–H and O–H groups in total. The van der Waals surface area contributed by atoms with Crippen LogP contribution in [0.3, 0.4) is 0 Å². The normalized spacial score (nSPS) is 12.6. The maximum absolute atomic E-state index is 11.2. The topological polar surface area (TPSA) is 65.0 Å². The average Bonchev–Trinajstić information content (AvgIpc) is 2.31. The number of hydrogen-bond donors (Lipinski definition) is 1. The van der Waals surface area contributed by atoms with Crippen LogP contribution in [0.15, 0.2) is 0 Å². The first kappa shape index (κ1) is 16.5. The van der Waals surface area contributed by atoms with E-state index < -0.39 is 0 Å². The summed E-state index contributed by atoms with van der Waals surface area (Å²) >= 11 is 0. The van der Waals surface area contributed by atoms with Crippen molar-refractivity contribution in [3.8, 4) is 0 Å². The lowest BCUT2D eigenvalue weighted by Crippen LogP contribution is -2.16. The highest BCUT2D eigenvalue weighted by Crippen LogP contribution is 2.09. The summed E-state index contributed by atoms with van der Waals surface area (Å²) in [6.07, 6.45) is 1.18. The summed E-state index contributed by atoms with van der Waals surface area (Å²) in [4.78, 5) is 11.2. The number of rotatable bonds is 12. The van der Waals surface area contributed by atoms with Crippen LogP contribution in [0.2, 0.25) is 0 Å². The maximum atomic E-state index is 11.2. The molecule has 0 aliphatic heterocycles. The van der Waals surface area contributed by atoms with Crippen LogP contribution in [-0.4, -0.2) is 57.6 Å². The quantitative estimate of drug-likeness (QED) is 0.514. The summed E-state index contributed by atoms with van der Waals surface area (Å²) < 4.78 is 15.4. The third-order valence-electron chi connectivity index (χ3n) is 2.47. The van der Waals surface area contributed by atoms with Gasteiger partial charge in [0.05, 0.1) is 26.4 Å². The maximum Gasteiger partial charge on any atom is 0.133 e. The van der Waals surface area contributed by atoms with E-state index in [-0.39, 0.29) is 18.3 Å². The Kier molecular flexibility index (Phi) is 11.6. The van der Waals surface area contributed by atoms with Crippen molar-refractivity contribution in [2.75, 3.05) is 46.8 Å². The Bertz CT molecular complexity index is 184. The molecule has 0 bridgehead atoms. The molecule has 1 atom stereocenters. The van der Waals surface area contributed by atoms with Gasteiger partial charge in [0, 0.05) is 26.2 Å². The van der Waals surface area contributed by atoms with Gasteiger partial charge in [-0.05, 0) is 19.8 Å². The molecule has 0 fully saturated rings. The van der Waals surface area contributed by atoms with Gasteiger partial charge < -0.3 is 19.3 Å². The summed E-state index contributed by atoms with van der Waals surface area (Å²) in [5, 5.41) is 8.78. The number of aliphatic hydroxyl groups is 1. The predicted molar refractivity (Wildman–Crippen MR) is 64.0 cm³/mol. The van der Waals surface area contributed by atoms with Crippen molar-refractivity contribution in [3.63, 3.8) is 0 Å². The van der Waals surface area contributed by atoms with Crippen LogP contribution in [0.5, 0.6) is 0 Å². The van der Waals surface area contributed by atoms with Crippen LogP contribution in [0, 0.1) is 5.92 Å². The van der Waals surface area contributed by atoms with E-state index in [0.29, 0.717) is 45.9 Å². The molecule has 5 nitrogen and oxygen atoms in total. The third-order valence-corrected chi connectivity index (χ3v) is 2.47.